The molecule has 26 heavy (non-hydrogen) atoms. The smallest absolute Gasteiger partial charge is 0.199 e. The second-order valence-electron chi connectivity index (χ2n) is 6.64. The van der Waals surface area contributed by atoms with Crippen LogP contribution in [0.15, 0.2) is 54.6 Å². The van der Waals surface area contributed by atoms with Crippen molar-refractivity contribution in [1.82, 2.24) is 9.88 Å². The number of H-pyrrole nitrogens is 1. The summed E-state index contributed by atoms with van der Waals surface area (Å²) in [6.45, 7) is 3.00. The number of aromatic amines is 1. The van der Waals surface area contributed by atoms with Gasteiger partial charge in [-0.15, -0.1) is 0 Å². The Morgan fingerprint density at radius 2 is 1.88 bits per heavy atom. The molecule has 0 atom stereocenters. The molecule has 4 heteroatoms. The van der Waals surface area contributed by atoms with E-state index in [1.165, 1.54) is 22.1 Å². The summed E-state index contributed by atoms with van der Waals surface area (Å²) in [5, 5.41) is 1.19. The van der Waals surface area contributed by atoms with Crippen LogP contribution < -0.4 is 9.47 Å². The van der Waals surface area contributed by atoms with Crippen LogP contribution in [0, 0.1) is 0 Å². The van der Waals surface area contributed by atoms with Crippen molar-refractivity contribution in [3.05, 3.63) is 65.7 Å². The van der Waals surface area contributed by atoms with Crippen LogP contribution in [0.5, 0.6) is 11.6 Å². The van der Waals surface area contributed by atoms with E-state index < -0.39 is 0 Å². The van der Waals surface area contributed by atoms with E-state index in [0.29, 0.717) is 0 Å². The average molecular weight is 348 g/mol. The lowest BCUT2D eigenvalue weighted by atomic mass is 9.98. The number of nitrogens with zero attached hydrogens (tertiary/aromatic N) is 1. The number of hydrogen-bond acceptors (Lipinski definition) is 3. The molecule has 0 bridgehead atoms. The molecule has 4 rings (SSSR count). The summed E-state index contributed by atoms with van der Waals surface area (Å²) in [6.07, 6.45) is 3.35. The topological polar surface area (TPSA) is 37.5 Å². The molecule has 2 aromatic carbocycles. The van der Waals surface area contributed by atoms with Gasteiger partial charge in [0.2, 0.25) is 0 Å². The highest BCUT2D eigenvalue weighted by Gasteiger charge is 2.20. The molecule has 4 nitrogen and oxygen atoms in total. The van der Waals surface area contributed by atoms with Crippen LogP contribution in [0.2, 0.25) is 0 Å². The second kappa shape index (κ2) is 7.26. The molecule has 1 aliphatic rings. The minimum absolute atomic E-state index is 0.830. The van der Waals surface area contributed by atoms with Gasteiger partial charge in [0.05, 0.1) is 19.7 Å². The normalized spacial score (nSPS) is 15.1. The van der Waals surface area contributed by atoms with Gasteiger partial charge in [0.15, 0.2) is 5.88 Å². The Bertz CT molecular complexity index is 928. The zero-order valence-electron chi connectivity index (χ0n) is 15.3. The summed E-state index contributed by atoms with van der Waals surface area (Å²) in [6, 6.07) is 16.8. The van der Waals surface area contributed by atoms with Gasteiger partial charge < -0.3 is 14.5 Å². The molecule has 1 aliphatic heterocycles. The Hall–Kier alpha value is -2.72. The molecule has 0 amide bonds. The van der Waals surface area contributed by atoms with Crippen molar-refractivity contribution < 1.29 is 9.47 Å². The summed E-state index contributed by atoms with van der Waals surface area (Å²) in [7, 11) is 3.41. The Kier molecular flexibility index (Phi) is 4.67. The number of rotatable bonds is 5. The van der Waals surface area contributed by atoms with Gasteiger partial charge in [0.25, 0.3) is 0 Å². The third-order valence-corrected chi connectivity index (χ3v) is 5.04. The van der Waals surface area contributed by atoms with Crippen molar-refractivity contribution >= 4 is 16.5 Å². The maximum atomic E-state index is 5.63. The first-order valence-corrected chi connectivity index (χ1v) is 8.98. The van der Waals surface area contributed by atoms with E-state index in [-0.39, 0.29) is 0 Å². The SMILES string of the molecule is COc1ccc2c(C3=CCN(Cc4ccccc4)CC3)c(OC)[nH]c2c1. The molecule has 3 aromatic rings. The van der Waals surface area contributed by atoms with Crippen molar-refractivity contribution in [2.45, 2.75) is 13.0 Å². The molecule has 0 saturated heterocycles. The first-order chi connectivity index (χ1) is 12.8. The molecule has 2 heterocycles. The summed E-state index contributed by atoms with van der Waals surface area (Å²) in [5.74, 6) is 1.68. The first kappa shape index (κ1) is 16.7. The molecule has 0 unspecified atom stereocenters. The predicted octanol–water partition coefficient (Wildman–Crippen LogP) is 4.47. The fourth-order valence-electron chi connectivity index (χ4n) is 3.67. The molecule has 134 valence electrons. The quantitative estimate of drug-likeness (QED) is 0.739. The molecule has 0 fully saturated rings. The van der Waals surface area contributed by atoms with E-state index in [4.69, 9.17) is 9.47 Å². The van der Waals surface area contributed by atoms with Gasteiger partial charge in [-0.05, 0) is 29.7 Å². The lowest BCUT2D eigenvalue weighted by molar-refractivity contribution is 0.293. The number of ether oxygens (including phenoxy) is 2. The zero-order valence-corrected chi connectivity index (χ0v) is 15.3. The Balaban J connectivity index is 1.60. The van der Waals surface area contributed by atoms with Gasteiger partial charge in [-0.1, -0.05) is 36.4 Å². The predicted molar refractivity (Wildman–Crippen MR) is 106 cm³/mol. The van der Waals surface area contributed by atoms with E-state index in [1.54, 1.807) is 14.2 Å². The highest BCUT2D eigenvalue weighted by atomic mass is 16.5. The maximum absolute atomic E-state index is 5.63. The maximum Gasteiger partial charge on any atom is 0.199 e. The van der Waals surface area contributed by atoms with Crippen LogP contribution in [0.3, 0.4) is 0 Å². The van der Waals surface area contributed by atoms with Crippen LogP contribution in [0.1, 0.15) is 17.5 Å². The Labute approximate surface area is 154 Å². The lowest BCUT2D eigenvalue weighted by Gasteiger charge is -2.26. The summed E-state index contributed by atoms with van der Waals surface area (Å²) >= 11 is 0. The van der Waals surface area contributed by atoms with Gasteiger partial charge >= 0.3 is 0 Å². The molecule has 1 N–H and O–H groups in total. The van der Waals surface area contributed by atoms with Gasteiger partial charge in [-0.2, -0.15) is 0 Å². The molecule has 0 radical (unpaired) electrons. The highest BCUT2D eigenvalue weighted by molar-refractivity contribution is 5.96. The Morgan fingerprint density at radius 1 is 1.04 bits per heavy atom. The lowest BCUT2D eigenvalue weighted by Crippen LogP contribution is -2.28. The monoisotopic (exact) mass is 348 g/mol. The minimum atomic E-state index is 0.830. The van der Waals surface area contributed by atoms with Gasteiger partial charge in [0, 0.05) is 36.7 Å². The number of fused-ring (bicyclic) bond motifs is 1. The molecule has 1 aromatic heterocycles. The van der Waals surface area contributed by atoms with Crippen LogP contribution in [-0.2, 0) is 6.54 Å². The standard InChI is InChI=1S/C22H24N2O2/c1-25-18-8-9-19-20(14-18)23-22(26-2)21(19)17-10-12-24(13-11-17)15-16-6-4-3-5-7-16/h3-10,14,23H,11-13,15H2,1-2H3. The van der Waals surface area contributed by atoms with E-state index in [2.05, 4.69) is 52.4 Å². The third kappa shape index (κ3) is 3.20. The highest BCUT2D eigenvalue weighted by Crippen LogP contribution is 2.38. The van der Waals surface area contributed by atoms with Crippen LogP contribution in [0.25, 0.3) is 16.5 Å². The van der Waals surface area contributed by atoms with E-state index in [1.807, 2.05) is 12.1 Å². The molecule has 0 aliphatic carbocycles. The second-order valence-corrected chi connectivity index (χ2v) is 6.64. The minimum Gasteiger partial charge on any atom is -0.497 e. The van der Waals surface area contributed by atoms with Gasteiger partial charge in [-0.25, -0.2) is 0 Å². The third-order valence-electron chi connectivity index (χ3n) is 5.04. The van der Waals surface area contributed by atoms with Crippen LogP contribution in [-0.4, -0.2) is 37.2 Å². The number of nitrogens with one attached hydrogen (secondary N) is 1. The average Bonchev–Trinajstić information content (AvgIpc) is 3.07. The molecule has 0 spiro atoms. The van der Waals surface area contributed by atoms with Crippen LogP contribution >= 0.6 is 0 Å². The van der Waals surface area contributed by atoms with Crippen LogP contribution in [0.4, 0.5) is 0 Å². The van der Waals surface area contributed by atoms with E-state index in [0.717, 1.165) is 43.2 Å². The van der Waals surface area contributed by atoms with Crippen molar-refractivity contribution in [1.29, 1.82) is 0 Å². The largest absolute Gasteiger partial charge is 0.497 e. The summed E-state index contributed by atoms with van der Waals surface area (Å²) in [5.41, 5.74) is 4.94. The Morgan fingerprint density at radius 3 is 2.58 bits per heavy atom. The van der Waals surface area contributed by atoms with Crippen molar-refractivity contribution in [2.75, 3.05) is 27.3 Å². The summed E-state index contributed by atoms with van der Waals surface area (Å²) in [4.78, 5) is 5.86. The molecular formula is C22H24N2O2. The molecule has 0 saturated carbocycles. The van der Waals surface area contributed by atoms with Crippen molar-refractivity contribution in [2.24, 2.45) is 0 Å². The van der Waals surface area contributed by atoms with Crippen molar-refractivity contribution in [3.63, 3.8) is 0 Å². The van der Waals surface area contributed by atoms with E-state index >= 15 is 0 Å². The van der Waals surface area contributed by atoms with Gasteiger partial charge in [0.1, 0.15) is 5.75 Å². The fraction of sp³-hybridized carbons (Fsp3) is 0.273. The van der Waals surface area contributed by atoms with Gasteiger partial charge in [-0.3, -0.25) is 4.90 Å². The number of aromatic nitrogens is 1. The fourth-order valence-corrected chi connectivity index (χ4v) is 3.67. The zero-order chi connectivity index (χ0) is 17.9. The summed E-state index contributed by atoms with van der Waals surface area (Å²) < 4.78 is 11.0. The van der Waals surface area contributed by atoms with Crippen molar-refractivity contribution in [3.8, 4) is 11.6 Å². The first-order valence-electron chi connectivity index (χ1n) is 8.98. The number of benzene rings is 2. The van der Waals surface area contributed by atoms with E-state index in [9.17, 15) is 0 Å². The number of methoxy groups -OCH3 is 2. The molecular weight excluding hydrogens is 324 g/mol. The number of hydrogen-bond donors (Lipinski definition) is 1.